The number of hydrogen-bond acceptors (Lipinski definition) is 5. The van der Waals surface area contributed by atoms with Crippen LogP contribution in [0.4, 0.5) is 13.2 Å². The molecule has 0 aliphatic carbocycles. The number of ether oxygens (including phenoxy) is 1. The minimum absolute atomic E-state index is 0.00119. The summed E-state index contributed by atoms with van der Waals surface area (Å²) < 4.78 is 52.5. The van der Waals surface area contributed by atoms with Crippen molar-refractivity contribution in [2.75, 3.05) is 13.7 Å². The van der Waals surface area contributed by atoms with Gasteiger partial charge in [-0.3, -0.25) is 9.69 Å². The smallest absolute Gasteiger partial charge is 0.450 e. The second kappa shape index (κ2) is 8.50. The van der Waals surface area contributed by atoms with Crippen LogP contribution < -0.4 is 10.2 Å². The number of fused-ring (bicyclic) bond motifs is 1. The zero-order valence-corrected chi connectivity index (χ0v) is 17.8. The number of piperidine rings is 1. The van der Waals surface area contributed by atoms with E-state index in [0.29, 0.717) is 5.75 Å². The van der Waals surface area contributed by atoms with Gasteiger partial charge in [0.05, 0.1) is 23.6 Å². The molecule has 0 amide bonds. The maximum atomic E-state index is 14.0. The summed E-state index contributed by atoms with van der Waals surface area (Å²) in [6.07, 6.45) is -1.89. The Kier molecular flexibility index (Phi) is 5.90. The first-order chi connectivity index (χ1) is 15.2. The van der Waals surface area contributed by atoms with E-state index in [1.165, 1.54) is 43.5 Å². The van der Waals surface area contributed by atoms with Crippen molar-refractivity contribution in [3.05, 3.63) is 57.9 Å². The molecule has 5 nitrogen and oxygen atoms in total. The Hall–Kier alpha value is -3.00. The topological polar surface area (TPSA) is 62.9 Å². The molecule has 32 heavy (non-hydrogen) atoms. The number of halogens is 3. The minimum atomic E-state index is -4.90. The van der Waals surface area contributed by atoms with Crippen molar-refractivity contribution in [3.63, 3.8) is 0 Å². The number of aromatic hydroxyl groups is 1. The highest BCUT2D eigenvalue weighted by Crippen LogP contribution is 2.39. The van der Waals surface area contributed by atoms with Gasteiger partial charge in [0.1, 0.15) is 17.1 Å². The average Bonchev–Trinajstić information content (AvgIpc) is 2.76. The third-order valence-corrected chi connectivity index (χ3v) is 6.08. The lowest BCUT2D eigenvalue weighted by Crippen LogP contribution is -2.36. The Balaban J connectivity index is 1.94. The van der Waals surface area contributed by atoms with E-state index in [1.54, 1.807) is 0 Å². The van der Waals surface area contributed by atoms with E-state index < -0.39 is 22.9 Å². The summed E-state index contributed by atoms with van der Waals surface area (Å²) >= 11 is 0. The zero-order valence-electron chi connectivity index (χ0n) is 17.8. The van der Waals surface area contributed by atoms with Crippen LogP contribution in [-0.2, 0) is 12.7 Å². The van der Waals surface area contributed by atoms with E-state index in [4.69, 9.17) is 9.15 Å². The van der Waals surface area contributed by atoms with Gasteiger partial charge in [0.15, 0.2) is 0 Å². The van der Waals surface area contributed by atoms with Gasteiger partial charge in [0.25, 0.3) is 0 Å². The van der Waals surface area contributed by atoms with Crippen molar-refractivity contribution in [2.45, 2.75) is 44.9 Å². The van der Waals surface area contributed by atoms with Gasteiger partial charge in [-0.2, -0.15) is 13.2 Å². The highest BCUT2D eigenvalue weighted by molar-refractivity contribution is 5.87. The number of phenols is 1. The lowest BCUT2D eigenvalue weighted by molar-refractivity contribution is -0.152. The number of likely N-dealkylation sites (tertiary alicyclic amines) is 1. The number of nitrogens with zero attached hydrogens (tertiary/aromatic N) is 1. The third kappa shape index (κ3) is 4.07. The van der Waals surface area contributed by atoms with Crippen LogP contribution in [0, 0.1) is 0 Å². The molecule has 0 saturated carbocycles. The number of phenolic OH excluding ortho intramolecular Hbond substituents is 1. The first kappa shape index (κ1) is 22.2. The van der Waals surface area contributed by atoms with Crippen molar-refractivity contribution < 1.29 is 27.4 Å². The van der Waals surface area contributed by atoms with E-state index in [0.717, 1.165) is 25.8 Å². The molecule has 1 atom stereocenters. The molecule has 1 saturated heterocycles. The van der Waals surface area contributed by atoms with Crippen molar-refractivity contribution >= 4 is 11.0 Å². The first-order valence-corrected chi connectivity index (χ1v) is 10.5. The van der Waals surface area contributed by atoms with Crippen molar-refractivity contribution in [1.29, 1.82) is 0 Å². The summed E-state index contributed by atoms with van der Waals surface area (Å²) in [5, 5.41) is 10.5. The third-order valence-electron chi connectivity index (χ3n) is 6.08. The number of methoxy groups -OCH3 is 1. The van der Waals surface area contributed by atoms with Gasteiger partial charge in [-0.1, -0.05) is 18.6 Å². The minimum Gasteiger partial charge on any atom is -0.507 e. The van der Waals surface area contributed by atoms with Crippen LogP contribution in [0.3, 0.4) is 0 Å². The summed E-state index contributed by atoms with van der Waals surface area (Å²) in [6, 6.07) is 8.62. The molecule has 2 aromatic carbocycles. The molecule has 1 N–H and O–H groups in total. The quantitative estimate of drug-likeness (QED) is 0.567. The summed E-state index contributed by atoms with van der Waals surface area (Å²) in [7, 11) is 1.44. The van der Waals surface area contributed by atoms with E-state index >= 15 is 0 Å². The molecule has 1 aliphatic heterocycles. The van der Waals surface area contributed by atoms with Gasteiger partial charge < -0.3 is 14.3 Å². The standard InChI is InChI=1S/C24H24F3NO4/c1-14-5-3-4-12-28(14)13-18-19(29)11-10-17-21(30)20(15-6-8-16(31-2)9-7-15)23(24(25,26)27)32-22(17)18/h6-11,14,29H,3-5,12-13H2,1-2H3. The second-order valence-corrected chi connectivity index (χ2v) is 8.12. The van der Waals surface area contributed by atoms with E-state index in [9.17, 15) is 23.1 Å². The largest absolute Gasteiger partial charge is 0.507 e. The fourth-order valence-electron chi connectivity index (χ4n) is 4.27. The number of alkyl halides is 3. The predicted molar refractivity (Wildman–Crippen MR) is 115 cm³/mol. The van der Waals surface area contributed by atoms with Gasteiger partial charge >= 0.3 is 6.18 Å². The van der Waals surface area contributed by atoms with E-state index in [1.807, 2.05) is 6.92 Å². The summed E-state index contributed by atoms with van der Waals surface area (Å²) in [5.41, 5.74) is -1.31. The molecule has 1 aliphatic rings. The zero-order chi connectivity index (χ0) is 23.0. The van der Waals surface area contributed by atoms with Gasteiger partial charge in [-0.05, 0) is 56.1 Å². The Bertz CT molecular complexity index is 1190. The van der Waals surface area contributed by atoms with Crippen LogP contribution in [0.1, 0.15) is 37.5 Å². The lowest BCUT2D eigenvalue weighted by Gasteiger charge is -2.33. The van der Waals surface area contributed by atoms with Gasteiger partial charge in [-0.25, -0.2) is 0 Å². The molecule has 4 rings (SSSR count). The molecule has 0 radical (unpaired) electrons. The lowest BCUT2D eigenvalue weighted by atomic mass is 9.99. The number of rotatable bonds is 4. The molecule has 8 heteroatoms. The molecule has 1 fully saturated rings. The van der Waals surface area contributed by atoms with Crippen LogP contribution in [-0.4, -0.2) is 29.7 Å². The summed E-state index contributed by atoms with van der Waals surface area (Å²) in [4.78, 5) is 15.4. The van der Waals surface area contributed by atoms with Crippen molar-refractivity contribution in [3.8, 4) is 22.6 Å². The van der Waals surface area contributed by atoms with Crippen LogP contribution in [0.25, 0.3) is 22.1 Å². The Labute approximate surface area is 183 Å². The van der Waals surface area contributed by atoms with E-state index in [2.05, 4.69) is 4.90 Å². The van der Waals surface area contributed by atoms with E-state index in [-0.39, 0.29) is 40.4 Å². The maximum absolute atomic E-state index is 14.0. The average molecular weight is 447 g/mol. The maximum Gasteiger partial charge on any atom is 0.450 e. The molecule has 0 spiro atoms. The normalized spacial score (nSPS) is 17.6. The van der Waals surface area contributed by atoms with Gasteiger partial charge in [-0.15, -0.1) is 0 Å². The SMILES string of the molecule is COc1ccc(-c2c(C(F)(F)F)oc3c(CN4CCCCC4C)c(O)ccc3c2=O)cc1. The van der Waals surface area contributed by atoms with Gasteiger partial charge in [0, 0.05) is 12.6 Å². The monoisotopic (exact) mass is 447 g/mol. The Morgan fingerprint density at radius 3 is 2.50 bits per heavy atom. The van der Waals surface area contributed by atoms with Crippen LogP contribution >= 0.6 is 0 Å². The molecule has 1 unspecified atom stereocenters. The highest BCUT2D eigenvalue weighted by atomic mass is 19.4. The predicted octanol–water partition coefficient (Wildman–Crippen LogP) is 5.57. The van der Waals surface area contributed by atoms with Crippen LogP contribution in [0.2, 0.25) is 0 Å². The summed E-state index contributed by atoms with van der Waals surface area (Å²) in [5.74, 6) is -1.11. The fraction of sp³-hybridized carbons (Fsp3) is 0.375. The highest BCUT2D eigenvalue weighted by Gasteiger charge is 2.40. The molecular formula is C24H24F3NO4. The van der Waals surface area contributed by atoms with Gasteiger partial charge in [0.2, 0.25) is 11.2 Å². The molecule has 2 heterocycles. The first-order valence-electron chi connectivity index (χ1n) is 10.5. The molecular weight excluding hydrogens is 423 g/mol. The molecule has 3 aromatic rings. The Morgan fingerprint density at radius 2 is 1.88 bits per heavy atom. The van der Waals surface area contributed by atoms with Crippen LogP contribution in [0.15, 0.2) is 45.6 Å². The van der Waals surface area contributed by atoms with Crippen LogP contribution in [0.5, 0.6) is 11.5 Å². The molecule has 1 aromatic heterocycles. The second-order valence-electron chi connectivity index (χ2n) is 8.12. The molecule has 0 bridgehead atoms. The van der Waals surface area contributed by atoms with Crippen molar-refractivity contribution in [2.24, 2.45) is 0 Å². The number of benzene rings is 2. The fourth-order valence-corrected chi connectivity index (χ4v) is 4.27. The summed E-state index contributed by atoms with van der Waals surface area (Å²) in [6.45, 7) is 3.00. The molecule has 170 valence electrons. The Morgan fingerprint density at radius 1 is 1.16 bits per heavy atom. The number of hydrogen-bond donors (Lipinski definition) is 1. The van der Waals surface area contributed by atoms with Crippen molar-refractivity contribution in [1.82, 2.24) is 4.90 Å².